The standard InChI is InChI=1S/C7H10O2.Y/c1-3-6(5-8)7(9)4-2;/h5,8H,1-4H2;/q-2;/b6-5+;. The molecule has 55 valence electrons. The fourth-order valence-corrected chi connectivity index (χ4v) is 0.437. The first-order valence-electron chi connectivity index (χ1n) is 2.71. The molecule has 0 spiro atoms. The molecule has 0 saturated heterocycles. The maximum atomic E-state index is 10.6. The van der Waals surface area contributed by atoms with Crippen LogP contribution in [0.15, 0.2) is 11.8 Å². The number of hydrogen-bond donors (Lipinski definition) is 1. The van der Waals surface area contributed by atoms with E-state index in [1.165, 1.54) is 0 Å². The van der Waals surface area contributed by atoms with Crippen LogP contribution in [0.4, 0.5) is 0 Å². The molecule has 0 rings (SSSR count). The summed E-state index contributed by atoms with van der Waals surface area (Å²) in [6.45, 7) is 6.82. The second-order valence-electron chi connectivity index (χ2n) is 1.58. The summed E-state index contributed by atoms with van der Waals surface area (Å²) in [7, 11) is 0. The van der Waals surface area contributed by atoms with Crippen LogP contribution in [0.25, 0.3) is 0 Å². The first kappa shape index (κ1) is 12.9. The van der Waals surface area contributed by atoms with Gasteiger partial charge in [0.2, 0.25) is 0 Å². The predicted molar refractivity (Wildman–Crippen MR) is 35.7 cm³/mol. The minimum atomic E-state index is -0.146. The third-order valence-corrected chi connectivity index (χ3v) is 1.01. The topological polar surface area (TPSA) is 37.3 Å². The number of aliphatic hydroxyl groups is 1. The molecule has 0 aliphatic heterocycles. The minimum absolute atomic E-state index is 0. The zero-order valence-corrected chi connectivity index (χ0v) is 8.68. The molecular formula is C7H10O2Y-2. The number of rotatable bonds is 3. The molecule has 0 aliphatic carbocycles. The summed E-state index contributed by atoms with van der Waals surface area (Å²) in [6, 6.07) is 0. The fourth-order valence-electron chi connectivity index (χ4n) is 0.437. The number of carbonyl (C=O) groups is 1. The first-order chi connectivity index (χ1) is 4.26. The number of ketones is 1. The molecule has 0 unspecified atom stereocenters. The maximum absolute atomic E-state index is 10.6. The summed E-state index contributed by atoms with van der Waals surface area (Å²) in [4.78, 5) is 10.6. The molecule has 0 bridgehead atoms. The average molecular weight is 215 g/mol. The second kappa shape index (κ2) is 7.42. The molecular weight excluding hydrogens is 205 g/mol. The van der Waals surface area contributed by atoms with Crippen LogP contribution < -0.4 is 0 Å². The maximum Gasteiger partial charge on any atom is 0.129 e. The van der Waals surface area contributed by atoms with E-state index in [1.807, 2.05) is 0 Å². The first-order valence-corrected chi connectivity index (χ1v) is 2.71. The normalized spacial score (nSPS) is 10.4. The molecule has 0 aromatic carbocycles. The van der Waals surface area contributed by atoms with Gasteiger partial charge in [-0.25, -0.2) is 0 Å². The number of Topliss-reactive ketones (excluding diaryl/α,β-unsaturated/α-hetero) is 1. The van der Waals surface area contributed by atoms with Crippen molar-refractivity contribution in [2.24, 2.45) is 0 Å². The molecule has 2 nitrogen and oxygen atoms in total. The van der Waals surface area contributed by atoms with Crippen LogP contribution >= 0.6 is 0 Å². The van der Waals surface area contributed by atoms with Gasteiger partial charge >= 0.3 is 0 Å². The molecule has 3 heteroatoms. The molecule has 1 N–H and O–H groups in total. The van der Waals surface area contributed by atoms with Crippen molar-refractivity contribution in [3.63, 3.8) is 0 Å². The van der Waals surface area contributed by atoms with E-state index in [0.29, 0.717) is 12.0 Å². The van der Waals surface area contributed by atoms with Gasteiger partial charge in [0.1, 0.15) is 5.78 Å². The van der Waals surface area contributed by atoms with Crippen LogP contribution in [0.2, 0.25) is 0 Å². The van der Waals surface area contributed by atoms with Gasteiger partial charge in [-0.05, 0) is 5.57 Å². The Hall–Kier alpha value is 0.314. The molecule has 0 aromatic rings. The summed E-state index contributed by atoms with van der Waals surface area (Å²) in [5.41, 5.74) is 0.338. The fraction of sp³-hybridized carbons (Fsp3) is 0.286. The molecule has 1 radical (unpaired) electrons. The van der Waals surface area contributed by atoms with Crippen LogP contribution in [0, 0.1) is 13.8 Å². The van der Waals surface area contributed by atoms with Crippen LogP contribution in [-0.4, -0.2) is 10.9 Å². The van der Waals surface area contributed by atoms with E-state index in [2.05, 4.69) is 13.8 Å². The third kappa shape index (κ3) is 4.18. The quantitative estimate of drug-likeness (QED) is 0.439. The van der Waals surface area contributed by atoms with Crippen molar-refractivity contribution in [1.82, 2.24) is 0 Å². The third-order valence-electron chi connectivity index (χ3n) is 1.01. The van der Waals surface area contributed by atoms with Crippen molar-refractivity contribution in [2.45, 2.75) is 12.8 Å². The second-order valence-corrected chi connectivity index (χ2v) is 1.58. The summed E-state index contributed by atoms with van der Waals surface area (Å²) in [5.74, 6) is -0.146. The largest absolute Gasteiger partial charge is 0.515 e. The Morgan fingerprint density at radius 1 is 1.40 bits per heavy atom. The Kier molecular flexibility index (Phi) is 9.61. The molecule has 0 aliphatic rings. The number of hydrogen-bond acceptors (Lipinski definition) is 2. The van der Waals surface area contributed by atoms with E-state index in [1.54, 1.807) is 0 Å². The predicted octanol–water partition coefficient (Wildman–Crippen LogP) is 1.44. The summed E-state index contributed by atoms with van der Waals surface area (Å²) >= 11 is 0. The van der Waals surface area contributed by atoms with Crippen molar-refractivity contribution in [2.75, 3.05) is 0 Å². The Labute approximate surface area is 86.6 Å². The van der Waals surface area contributed by atoms with Crippen LogP contribution in [0.1, 0.15) is 12.8 Å². The molecule has 10 heavy (non-hydrogen) atoms. The molecule has 0 heterocycles. The zero-order valence-electron chi connectivity index (χ0n) is 5.84. The molecule has 0 fully saturated rings. The summed E-state index contributed by atoms with van der Waals surface area (Å²) in [6.07, 6.45) is 1.30. The zero-order chi connectivity index (χ0) is 7.28. The smallest absolute Gasteiger partial charge is 0.129 e. The van der Waals surface area contributed by atoms with E-state index < -0.39 is 0 Å². The van der Waals surface area contributed by atoms with Crippen LogP contribution in [0.5, 0.6) is 0 Å². The Morgan fingerprint density at radius 3 is 2.00 bits per heavy atom. The monoisotopic (exact) mass is 215 g/mol. The average Bonchev–Trinajstić information content (AvgIpc) is 1.90. The molecule has 0 amide bonds. The number of aliphatic hydroxyl groups excluding tert-OH is 1. The summed E-state index contributed by atoms with van der Waals surface area (Å²) in [5, 5.41) is 8.38. The molecule has 0 atom stereocenters. The van der Waals surface area contributed by atoms with Gasteiger partial charge in [0.05, 0.1) is 6.26 Å². The van der Waals surface area contributed by atoms with E-state index in [-0.39, 0.29) is 44.9 Å². The van der Waals surface area contributed by atoms with E-state index in [4.69, 9.17) is 5.11 Å². The van der Waals surface area contributed by atoms with Crippen molar-refractivity contribution in [1.29, 1.82) is 0 Å². The van der Waals surface area contributed by atoms with E-state index in [0.717, 1.165) is 6.26 Å². The van der Waals surface area contributed by atoms with Crippen LogP contribution in [0.3, 0.4) is 0 Å². The van der Waals surface area contributed by atoms with Gasteiger partial charge in [-0.3, -0.25) is 4.79 Å². The van der Waals surface area contributed by atoms with Gasteiger partial charge in [0, 0.05) is 32.7 Å². The van der Waals surface area contributed by atoms with Gasteiger partial charge in [-0.1, -0.05) is 0 Å². The van der Waals surface area contributed by atoms with Gasteiger partial charge in [-0.2, -0.15) is 0 Å². The van der Waals surface area contributed by atoms with E-state index >= 15 is 0 Å². The molecule has 0 aromatic heterocycles. The van der Waals surface area contributed by atoms with Gasteiger partial charge in [0.25, 0.3) is 0 Å². The van der Waals surface area contributed by atoms with Crippen molar-refractivity contribution >= 4 is 5.78 Å². The molecule has 0 saturated carbocycles. The number of carbonyl (C=O) groups excluding carboxylic acids is 1. The van der Waals surface area contributed by atoms with E-state index in [9.17, 15) is 4.79 Å². The SMILES string of the molecule is [CH2-]CC(=O)/C(=C/O)C[CH2-].[Y]. The Balaban J connectivity index is 0. The van der Waals surface area contributed by atoms with Crippen molar-refractivity contribution < 1.29 is 42.6 Å². The Bertz CT molecular complexity index is 130. The minimum Gasteiger partial charge on any atom is -0.515 e. The van der Waals surface area contributed by atoms with Crippen LogP contribution in [-0.2, 0) is 37.5 Å². The number of allylic oxidation sites excluding steroid dienone is 1. The van der Waals surface area contributed by atoms with Crippen molar-refractivity contribution in [3.8, 4) is 0 Å². The van der Waals surface area contributed by atoms with Gasteiger partial charge in [-0.15, -0.1) is 12.8 Å². The van der Waals surface area contributed by atoms with Crippen molar-refractivity contribution in [3.05, 3.63) is 25.7 Å². The Morgan fingerprint density at radius 2 is 1.90 bits per heavy atom. The van der Waals surface area contributed by atoms with Gasteiger partial charge < -0.3 is 19.0 Å². The van der Waals surface area contributed by atoms with Gasteiger partial charge in [0.15, 0.2) is 0 Å². The summed E-state index contributed by atoms with van der Waals surface area (Å²) < 4.78 is 0.